The lowest BCUT2D eigenvalue weighted by Crippen LogP contribution is -2.43. The number of nitriles is 1. The number of anilines is 1. The summed E-state index contributed by atoms with van der Waals surface area (Å²) in [7, 11) is -3.92. The number of carbonyl (C=O) groups is 2. The predicted molar refractivity (Wildman–Crippen MR) is 132 cm³/mol. The van der Waals surface area contributed by atoms with Gasteiger partial charge in [-0.3, -0.25) is 14.3 Å². The highest BCUT2D eigenvalue weighted by Crippen LogP contribution is 2.30. The number of nitrogens with zero attached hydrogens (tertiary/aromatic N) is 3. The number of piperidine rings is 1. The molecule has 1 aromatic carbocycles. The van der Waals surface area contributed by atoms with Crippen LogP contribution >= 0.6 is 11.8 Å². The number of pyridine rings is 1. The Labute approximate surface area is 209 Å². The molecule has 186 valence electrons. The van der Waals surface area contributed by atoms with Crippen molar-refractivity contribution in [1.29, 1.82) is 5.26 Å². The van der Waals surface area contributed by atoms with E-state index in [0.29, 0.717) is 66.3 Å². The maximum atomic E-state index is 13.0. The molecule has 1 amide bonds. The average molecular weight is 519 g/mol. The zero-order valence-corrected chi connectivity index (χ0v) is 21.2. The first-order valence-corrected chi connectivity index (χ1v) is 14.1. The minimum Gasteiger partial charge on any atom is -0.355 e. The molecular formula is C24H27FN4O4S2. The lowest BCUT2D eigenvalue weighted by molar-refractivity contribution is -0.123. The van der Waals surface area contributed by atoms with Crippen LogP contribution in [0.4, 0.5) is 10.2 Å². The van der Waals surface area contributed by atoms with Gasteiger partial charge < -0.3 is 4.90 Å². The zero-order valence-electron chi connectivity index (χ0n) is 19.6. The predicted octanol–water partition coefficient (Wildman–Crippen LogP) is 3.66. The second-order valence-electron chi connectivity index (χ2n) is 8.31. The molecule has 0 unspecified atom stereocenters. The Balaban J connectivity index is 1.67. The number of ketones is 1. The summed E-state index contributed by atoms with van der Waals surface area (Å²) in [4.78, 5) is 31.6. The molecule has 35 heavy (non-hydrogen) atoms. The number of halogens is 1. The number of hydrogen-bond donors (Lipinski definition) is 1. The van der Waals surface area contributed by atoms with Gasteiger partial charge in [0.15, 0.2) is 5.78 Å². The molecule has 0 spiro atoms. The molecule has 2 heterocycles. The summed E-state index contributed by atoms with van der Waals surface area (Å²) in [6, 6.07) is 8.78. The second kappa shape index (κ2) is 11.6. The SMILES string of the molecule is CCCC(=O)c1cc(C#N)c(N2CCC(C(=O)NS(=O)(=O)Cc3ccc(F)cc3)CC2)nc1SC. The van der Waals surface area contributed by atoms with Crippen LogP contribution in [0.15, 0.2) is 35.4 Å². The maximum absolute atomic E-state index is 13.0. The van der Waals surface area contributed by atoms with Crippen LogP contribution in [-0.4, -0.2) is 44.4 Å². The number of benzene rings is 1. The third kappa shape index (κ3) is 6.80. The topological polar surface area (TPSA) is 120 Å². The number of hydrogen-bond acceptors (Lipinski definition) is 8. The fourth-order valence-electron chi connectivity index (χ4n) is 3.95. The van der Waals surface area contributed by atoms with Gasteiger partial charge in [-0.05, 0) is 49.3 Å². The molecule has 1 fully saturated rings. The van der Waals surface area contributed by atoms with Crippen LogP contribution in [0.3, 0.4) is 0 Å². The van der Waals surface area contributed by atoms with Gasteiger partial charge in [-0.2, -0.15) is 5.26 Å². The molecule has 0 aliphatic carbocycles. The van der Waals surface area contributed by atoms with Crippen molar-refractivity contribution in [3.8, 4) is 6.07 Å². The molecule has 1 aliphatic rings. The summed E-state index contributed by atoms with van der Waals surface area (Å²) in [5.41, 5.74) is 1.12. The zero-order chi connectivity index (χ0) is 25.6. The van der Waals surface area contributed by atoms with Crippen molar-refractivity contribution in [2.75, 3.05) is 24.2 Å². The summed E-state index contributed by atoms with van der Waals surface area (Å²) in [5, 5.41) is 10.2. The summed E-state index contributed by atoms with van der Waals surface area (Å²) < 4.78 is 40.0. The van der Waals surface area contributed by atoms with Gasteiger partial charge in [0, 0.05) is 25.4 Å². The smallest absolute Gasteiger partial charge is 0.239 e. The van der Waals surface area contributed by atoms with Gasteiger partial charge >= 0.3 is 0 Å². The van der Waals surface area contributed by atoms with E-state index in [1.165, 1.54) is 36.0 Å². The third-order valence-corrected chi connectivity index (χ3v) is 7.67. The number of carbonyl (C=O) groups excluding carboxylic acids is 2. The van der Waals surface area contributed by atoms with E-state index in [1.54, 1.807) is 6.07 Å². The van der Waals surface area contributed by atoms with E-state index in [4.69, 9.17) is 0 Å². The molecular weight excluding hydrogens is 491 g/mol. The summed E-state index contributed by atoms with van der Waals surface area (Å²) >= 11 is 1.34. The van der Waals surface area contributed by atoms with Crippen molar-refractivity contribution >= 4 is 39.3 Å². The van der Waals surface area contributed by atoms with Crippen LogP contribution < -0.4 is 9.62 Å². The Hall–Kier alpha value is -2.97. The molecule has 1 aromatic heterocycles. The molecule has 8 nitrogen and oxygen atoms in total. The van der Waals surface area contributed by atoms with Crippen LogP contribution in [0, 0.1) is 23.1 Å². The number of rotatable bonds is 9. The first-order chi connectivity index (χ1) is 16.7. The first-order valence-electron chi connectivity index (χ1n) is 11.2. The van der Waals surface area contributed by atoms with Crippen molar-refractivity contribution in [2.24, 2.45) is 5.92 Å². The van der Waals surface area contributed by atoms with Crippen molar-refractivity contribution in [1.82, 2.24) is 9.71 Å². The highest BCUT2D eigenvalue weighted by molar-refractivity contribution is 7.98. The fourth-order valence-corrected chi connectivity index (χ4v) is 5.70. The van der Waals surface area contributed by atoms with Gasteiger partial charge in [0.05, 0.1) is 16.9 Å². The van der Waals surface area contributed by atoms with Crippen LogP contribution in [0.25, 0.3) is 0 Å². The molecule has 1 aliphatic heterocycles. The number of sulfonamides is 1. The van der Waals surface area contributed by atoms with E-state index in [-0.39, 0.29) is 5.78 Å². The molecule has 0 radical (unpaired) electrons. The van der Waals surface area contributed by atoms with Gasteiger partial charge in [0.25, 0.3) is 0 Å². The van der Waals surface area contributed by atoms with E-state index in [9.17, 15) is 27.7 Å². The van der Waals surface area contributed by atoms with Crippen molar-refractivity contribution < 1.29 is 22.4 Å². The molecule has 0 atom stereocenters. The Morgan fingerprint density at radius 3 is 2.49 bits per heavy atom. The summed E-state index contributed by atoms with van der Waals surface area (Å²) in [5.74, 6) is -1.57. The Kier molecular flexibility index (Phi) is 8.86. The van der Waals surface area contributed by atoms with Gasteiger partial charge in [-0.15, -0.1) is 11.8 Å². The molecule has 1 N–H and O–H groups in total. The molecule has 0 saturated carbocycles. The van der Waals surface area contributed by atoms with Crippen molar-refractivity contribution in [3.05, 3.63) is 52.8 Å². The maximum Gasteiger partial charge on any atom is 0.239 e. The molecule has 3 rings (SSSR count). The number of aromatic nitrogens is 1. The quantitative estimate of drug-likeness (QED) is 0.394. The van der Waals surface area contributed by atoms with Crippen molar-refractivity contribution in [2.45, 2.75) is 43.4 Å². The van der Waals surface area contributed by atoms with E-state index in [2.05, 4.69) is 15.8 Å². The second-order valence-corrected chi connectivity index (χ2v) is 10.8. The number of Topliss-reactive ketones (excluding diaryl/α,β-unsaturated/α-hetero) is 1. The largest absolute Gasteiger partial charge is 0.355 e. The van der Waals surface area contributed by atoms with Gasteiger partial charge in [-0.1, -0.05) is 19.1 Å². The Morgan fingerprint density at radius 2 is 1.91 bits per heavy atom. The molecule has 1 saturated heterocycles. The molecule has 2 aromatic rings. The number of nitrogens with one attached hydrogen (secondary N) is 1. The lowest BCUT2D eigenvalue weighted by atomic mass is 9.96. The lowest BCUT2D eigenvalue weighted by Gasteiger charge is -2.32. The van der Waals surface area contributed by atoms with Crippen LogP contribution in [0.5, 0.6) is 0 Å². The van der Waals surface area contributed by atoms with E-state index >= 15 is 0 Å². The minimum atomic E-state index is -3.92. The highest BCUT2D eigenvalue weighted by atomic mass is 32.2. The number of amides is 1. The van der Waals surface area contributed by atoms with E-state index in [0.717, 1.165) is 0 Å². The highest BCUT2D eigenvalue weighted by Gasteiger charge is 2.30. The van der Waals surface area contributed by atoms with E-state index in [1.807, 2.05) is 18.1 Å². The van der Waals surface area contributed by atoms with Gasteiger partial charge in [0.1, 0.15) is 22.7 Å². The molecule has 0 bridgehead atoms. The Bertz CT molecular complexity index is 1240. The third-order valence-electron chi connectivity index (χ3n) is 5.75. The van der Waals surface area contributed by atoms with Crippen molar-refractivity contribution in [3.63, 3.8) is 0 Å². The average Bonchev–Trinajstić information content (AvgIpc) is 2.84. The summed E-state index contributed by atoms with van der Waals surface area (Å²) in [6.07, 6.45) is 3.67. The number of thioether (sulfide) groups is 1. The van der Waals surface area contributed by atoms with Crippen LogP contribution in [0.2, 0.25) is 0 Å². The van der Waals surface area contributed by atoms with Gasteiger partial charge in [-0.25, -0.2) is 17.8 Å². The van der Waals surface area contributed by atoms with Crippen LogP contribution in [0.1, 0.15) is 54.1 Å². The normalized spacial score (nSPS) is 14.4. The summed E-state index contributed by atoms with van der Waals surface area (Å²) in [6.45, 7) is 2.74. The van der Waals surface area contributed by atoms with E-state index < -0.39 is 33.4 Å². The first kappa shape index (κ1) is 26.6. The monoisotopic (exact) mass is 518 g/mol. The minimum absolute atomic E-state index is 0.0513. The molecule has 11 heteroatoms. The standard InChI is InChI=1S/C24H27FN4O4S2/c1-3-4-21(30)20-13-18(14-26)22(27-24(20)34-2)29-11-9-17(10-12-29)23(31)28-35(32,33)15-16-5-7-19(25)8-6-16/h5-8,13,17H,3-4,9-12,15H2,1-2H3,(H,28,31). The fraction of sp³-hybridized carbons (Fsp3) is 0.417. The van der Waals surface area contributed by atoms with Crippen LogP contribution in [-0.2, 0) is 20.6 Å². The Morgan fingerprint density at radius 1 is 1.26 bits per heavy atom. The van der Waals surface area contributed by atoms with Gasteiger partial charge in [0.2, 0.25) is 15.9 Å².